The van der Waals surface area contributed by atoms with Gasteiger partial charge in [0.2, 0.25) is 0 Å². The minimum absolute atomic E-state index is 0.741. The molecule has 13 heavy (non-hydrogen) atoms. The molecule has 1 fully saturated rings. The number of hydrogen-bond acceptors (Lipinski definition) is 6. The van der Waals surface area contributed by atoms with Crippen LogP contribution in [0.2, 0.25) is 0 Å². The molecular formula is C6H11O7. The molecule has 7 heteroatoms. The van der Waals surface area contributed by atoms with Crippen LogP contribution in [0.4, 0.5) is 0 Å². The summed E-state index contributed by atoms with van der Waals surface area (Å²) in [6.45, 7) is -0.741. The van der Waals surface area contributed by atoms with Crippen molar-refractivity contribution in [2.24, 2.45) is 0 Å². The van der Waals surface area contributed by atoms with Gasteiger partial charge >= 0.3 is 5.97 Å². The highest BCUT2D eigenvalue weighted by molar-refractivity contribution is 4.90. The van der Waals surface area contributed by atoms with Gasteiger partial charge in [0.1, 0.15) is 18.3 Å². The Hall–Kier alpha value is -0.280. The molecule has 0 saturated carbocycles. The van der Waals surface area contributed by atoms with Crippen LogP contribution in [0.3, 0.4) is 0 Å². The van der Waals surface area contributed by atoms with Gasteiger partial charge in [-0.1, -0.05) is 0 Å². The van der Waals surface area contributed by atoms with Gasteiger partial charge in [0.15, 0.2) is 6.10 Å². The zero-order valence-corrected chi connectivity index (χ0v) is 6.57. The lowest BCUT2D eigenvalue weighted by Gasteiger charge is -2.40. The van der Waals surface area contributed by atoms with Gasteiger partial charge in [0, 0.05) is 0 Å². The van der Waals surface area contributed by atoms with Crippen LogP contribution in [-0.2, 0) is 9.84 Å². The van der Waals surface area contributed by atoms with Crippen molar-refractivity contribution in [3.05, 3.63) is 0 Å². The lowest BCUT2D eigenvalue weighted by Crippen LogP contribution is -2.64. The zero-order valence-electron chi connectivity index (χ0n) is 6.57. The van der Waals surface area contributed by atoms with E-state index in [1.165, 1.54) is 0 Å². The first kappa shape index (κ1) is 10.8. The SMILES string of the molecule is [O][C@@]1(O)O[C@H](CO)[C@@H](O)[C@@H](O)[C@H]1O. The van der Waals surface area contributed by atoms with Crippen LogP contribution in [-0.4, -0.2) is 62.5 Å². The predicted octanol–water partition coefficient (Wildman–Crippen LogP) is -3.46. The molecule has 0 aliphatic carbocycles. The summed E-state index contributed by atoms with van der Waals surface area (Å²) < 4.78 is 4.21. The quantitative estimate of drug-likeness (QED) is 0.276. The van der Waals surface area contributed by atoms with Gasteiger partial charge in [-0.2, -0.15) is 5.11 Å². The average molecular weight is 195 g/mol. The summed E-state index contributed by atoms with van der Waals surface area (Å²) in [5.41, 5.74) is 0. The molecule has 1 aliphatic heterocycles. The first-order valence-corrected chi connectivity index (χ1v) is 3.66. The van der Waals surface area contributed by atoms with E-state index in [1.807, 2.05) is 0 Å². The van der Waals surface area contributed by atoms with E-state index in [9.17, 15) is 5.11 Å². The Morgan fingerprint density at radius 3 is 2.23 bits per heavy atom. The first-order valence-electron chi connectivity index (χ1n) is 3.66. The highest BCUT2D eigenvalue weighted by Gasteiger charge is 2.53. The summed E-state index contributed by atoms with van der Waals surface area (Å²) in [6.07, 6.45) is -6.99. The molecule has 5 atom stereocenters. The Balaban J connectivity index is 2.79. The second-order valence-electron chi connectivity index (χ2n) is 2.90. The number of rotatable bonds is 1. The first-order chi connectivity index (χ1) is 5.90. The molecule has 0 spiro atoms. The standard InChI is InChI=1S/C6H11O7/c7-1-2-3(8)4(9)5(10)6(11,12)13-2/h2-5,7-11H,1H2/t2-,3-,4-,5-,6-/m1/s1. The molecule has 5 N–H and O–H groups in total. The molecule has 1 aliphatic rings. The molecule has 1 radical (unpaired) electrons. The Bertz CT molecular complexity index is 180. The molecule has 0 aromatic heterocycles. The largest absolute Gasteiger partial charge is 0.394 e. The van der Waals surface area contributed by atoms with Crippen molar-refractivity contribution in [2.75, 3.05) is 6.61 Å². The number of aliphatic hydroxyl groups is 5. The van der Waals surface area contributed by atoms with Gasteiger partial charge in [-0.3, -0.25) is 0 Å². The van der Waals surface area contributed by atoms with E-state index < -0.39 is 37.0 Å². The van der Waals surface area contributed by atoms with E-state index in [0.29, 0.717) is 0 Å². The topological polar surface area (TPSA) is 130 Å². The van der Waals surface area contributed by atoms with E-state index in [0.717, 1.165) is 0 Å². The third-order valence-electron chi connectivity index (χ3n) is 1.93. The Kier molecular flexibility index (Phi) is 2.88. The van der Waals surface area contributed by atoms with Crippen molar-refractivity contribution in [3.8, 4) is 0 Å². The van der Waals surface area contributed by atoms with E-state index in [-0.39, 0.29) is 0 Å². The molecule has 0 amide bonds. The van der Waals surface area contributed by atoms with E-state index in [4.69, 9.17) is 25.5 Å². The predicted molar refractivity (Wildman–Crippen MR) is 35.6 cm³/mol. The van der Waals surface area contributed by atoms with Crippen LogP contribution in [0.25, 0.3) is 0 Å². The minimum Gasteiger partial charge on any atom is -0.394 e. The highest BCUT2D eigenvalue weighted by atomic mass is 16.8. The minimum atomic E-state index is -3.20. The molecule has 0 bridgehead atoms. The fraction of sp³-hybridized carbons (Fsp3) is 1.00. The summed E-state index contributed by atoms with van der Waals surface area (Å²) in [5.74, 6) is -3.20. The molecular weight excluding hydrogens is 184 g/mol. The highest BCUT2D eigenvalue weighted by Crippen LogP contribution is 2.26. The second kappa shape index (κ2) is 3.46. The zero-order chi connectivity index (χ0) is 10.2. The molecule has 0 aromatic rings. The molecule has 1 heterocycles. The smallest absolute Gasteiger partial charge is 0.339 e. The molecule has 1 rings (SSSR count). The Morgan fingerprint density at radius 2 is 1.77 bits per heavy atom. The Morgan fingerprint density at radius 1 is 1.23 bits per heavy atom. The van der Waals surface area contributed by atoms with Crippen LogP contribution in [0.1, 0.15) is 0 Å². The number of hydrogen-bond donors (Lipinski definition) is 5. The lowest BCUT2D eigenvalue weighted by molar-refractivity contribution is -0.455. The second-order valence-corrected chi connectivity index (χ2v) is 2.90. The molecule has 0 unspecified atom stereocenters. The monoisotopic (exact) mass is 195 g/mol. The van der Waals surface area contributed by atoms with Gasteiger partial charge in [0.25, 0.3) is 0 Å². The van der Waals surface area contributed by atoms with Gasteiger partial charge in [0.05, 0.1) is 6.61 Å². The average Bonchev–Trinajstić information content (AvgIpc) is 2.08. The summed E-state index contributed by atoms with van der Waals surface area (Å²) in [5, 5.41) is 55.3. The van der Waals surface area contributed by atoms with Crippen LogP contribution < -0.4 is 0 Å². The van der Waals surface area contributed by atoms with Crippen molar-refractivity contribution in [3.63, 3.8) is 0 Å². The fourth-order valence-electron chi connectivity index (χ4n) is 1.12. The van der Waals surface area contributed by atoms with Crippen molar-refractivity contribution in [1.82, 2.24) is 0 Å². The van der Waals surface area contributed by atoms with Gasteiger partial charge < -0.3 is 30.3 Å². The van der Waals surface area contributed by atoms with Crippen molar-refractivity contribution >= 4 is 0 Å². The molecule has 0 aromatic carbocycles. The third-order valence-corrected chi connectivity index (χ3v) is 1.93. The van der Waals surface area contributed by atoms with Gasteiger partial charge in [-0.05, 0) is 0 Å². The van der Waals surface area contributed by atoms with E-state index in [2.05, 4.69) is 4.74 Å². The van der Waals surface area contributed by atoms with Crippen LogP contribution in [0.15, 0.2) is 0 Å². The Labute approximate surface area is 73.4 Å². The molecule has 7 nitrogen and oxygen atoms in total. The molecule has 77 valence electrons. The maximum atomic E-state index is 10.9. The summed E-state index contributed by atoms with van der Waals surface area (Å²) in [6, 6.07) is 0. The maximum Gasteiger partial charge on any atom is 0.339 e. The molecule has 1 saturated heterocycles. The number of aliphatic hydroxyl groups excluding tert-OH is 4. The summed E-state index contributed by atoms with van der Waals surface area (Å²) in [7, 11) is 0. The van der Waals surface area contributed by atoms with Crippen molar-refractivity contribution in [1.29, 1.82) is 0 Å². The van der Waals surface area contributed by atoms with Crippen molar-refractivity contribution in [2.45, 2.75) is 30.4 Å². The summed E-state index contributed by atoms with van der Waals surface area (Å²) >= 11 is 0. The van der Waals surface area contributed by atoms with Crippen LogP contribution in [0, 0.1) is 0 Å². The van der Waals surface area contributed by atoms with Gasteiger partial charge in [-0.25, -0.2) is 0 Å². The lowest BCUT2D eigenvalue weighted by atomic mass is 9.98. The summed E-state index contributed by atoms with van der Waals surface area (Å²) in [4.78, 5) is 0. The third kappa shape index (κ3) is 1.81. The van der Waals surface area contributed by atoms with E-state index in [1.54, 1.807) is 0 Å². The fourth-order valence-corrected chi connectivity index (χ4v) is 1.12. The maximum absolute atomic E-state index is 10.9. The van der Waals surface area contributed by atoms with Gasteiger partial charge in [-0.15, -0.1) is 0 Å². The van der Waals surface area contributed by atoms with E-state index >= 15 is 0 Å². The normalized spacial score (nSPS) is 44.8. The number of ether oxygens (including phenoxy) is 1. The van der Waals surface area contributed by atoms with Crippen LogP contribution in [0.5, 0.6) is 0 Å². The van der Waals surface area contributed by atoms with Crippen molar-refractivity contribution < 1.29 is 35.4 Å². The van der Waals surface area contributed by atoms with Crippen LogP contribution >= 0.6 is 0 Å².